The zero-order valence-corrected chi connectivity index (χ0v) is 11.1. The number of nitrogen functional groups attached to an aromatic ring is 1. The van der Waals surface area contributed by atoms with Crippen molar-refractivity contribution in [3.63, 3.8) is 0 Å². The molecule has 0 unspecified atom stereocenters. The molecule has 0 fully saturated rings. The van der Waals surface area contributed by atoms with Gasteiger partial charge in [-0.3, -0.25) is 4.90 Å². The van der Waals surface area contributed by atoms with E-state index in [4.69, 9.17) is 17.3 Å². The standard InChI is InChI=1S/C14H16ClN3/c1-18(9-11-5-3-2-4-6-11)10-13-7-12(16)8-14(15)17-13/h2-8H,9-10H2,1H3,(H2,16,17). The molecule has 0 saturated carbocycles. The quantitative estimate of drug-likeness (QED) is 0.861. The highest BCUT2D eigenvalue weighted by Gasteiger charge is 2.04. The Labute approximate surface area is 112 Å². The number of rotatable bonds is 4. The van der Waals surface area contributed by atoms with Crippen molar-refractivity contribution < 1.29 is 0 Å². The SMILES string of the molecule is CN(Cc1ccccc1)Cc1cc(N)cc(Cl)n1. The Kier molecular flexibility index (Phi) is 4.18. The number of hydrogen-bond acceptors (Lipinski definition) is 3. The predicted octanol–water partition coefficient (Wildman–Crippen LogP) is 2.95. The molecular weight excluding hydrogens is 246 g/mol. The van der Waals surface area contributed by atoms with Gasteiger partial charge in [-0.25, -0.2) is 4.98 Å². The Hall–Kier alpha value is -1.58. The van der Waals surface area contributed by atoms with Gasteiger partial charge in [0.05, 0.1) is 5.69 Å². The number of hydrogen-bond donors (Lipinski definition) is 1. The molecule has 4 heteroatoms. The van der Waals surface area contributed by atoms with Gasteiger partial charge >= 0.3 is 0 Å². The number of nitrogens with two attached hydrogens (primary N) is 1. The Balaban J connectivity index is 2.01. The van der Waals surface area contributed by atoms with E-state index >= 15 is 0 Å². The van der Waals surface area contributed by atoms with Crippen LogP contribution in [0.15, 0.2) is 42.5 Å². The minimum atomic E-state index is 0.443. The average Bonchev–Trinajstić information content (AvgIpc) is 2.28. The summed E-state index contributed by atoms with van der Waals surface area (Å²) in [5.41, 5.74) is 8.56. The molecule has 1 aromatic carbocycles. The molecule has 0 bridgehead atoms. The summed E-state index contributed by atoms with van der Waals surface area (Å²) in [4.78, 5) is 6.43. The van der Waals surface area contributed by atoms with E-state index in [0.29, 0.717) is 10.8 Å². The fraction of sp³-hybridized carbons (Fsp3) is 0.214. The second-order valence-corrected chi connectivity index (χ2v) is 4.76. The lowest BCUT2D eigenvalue weighted by molar-refractivity contribution is 0.315. The maximum absolute atomic E-state index is 5.88. The summed E-state index contributed by atoms with van der Waals surface area (Å²) < 4.78 is 0. The van der Waals surface area contributed by atoms with Gasteiger partial charge in [0, 0.05) is 18.8 Å². The van der Waals surface area contributed by atoms with Gasteiger partial charge in [-0.15, -0.1) is 0 Å². The Morgan fingerprint density at radius 1 is 1.17 bits per heavy atom. The minimum absolute atomic E-state index is 0.443. The lowest BCUT2D eigenvalue weighted by Gasteiger charge is -2.16. The lowest BCUT2D eigenvalue weighted by atomic mass is 10.2. The number of benzene rings is 1. The first-order chi connectivity index (χ1) is 8.63. The summed E-state index contributed by atoms with van der Waals surface area (Å²) in [6, 6.07) is 13.8. The third-order valence-electron chi connectivity index (χ3n) is 2.60. The van der Waals surface area contributed by atoms with Gasteiger partial charge in [-0.05, 0) is 24.7 Å². The van der Waals surface area contributed by atoms with E-state index in [-0.39, 0.29) is 0 Å². The molecular formula is C14H16ClN3. The van der Waals surface area contributed by atoms with Gasteiger partial charge in [-0.1, -0.05) is 41.9 Å². The van der Waals surface area contributed by atoms with Gasteiger partial charge in [0.1, 0.15) is 5.15 Å². The third-order valence-corrected chi connectivity index (χ3v) is 2.79. The molecule has 94 valence electrons. The van der Waals surface area contributed by atoms with Crippen LogP contribution in [0.5, 0.6) is 0 Å². The largest absolute Gasteiger partial charge is 0.399 e. The van der Waals surface area contributed by atoms with Gasteiger partial charge in [0.15, 0.2) is 0 Å². The highest BCUT2D eigenvalue weighted by molar-refractivity contribution is 6.29. The van der Waals surface area contributed by atoms with Crippen molar-refractivity contribution >= 4 is 17.3 Å². The van der Waals surface area contributed by atoms with E-state index in [0.717, 1.165) is 18.8 Å². The van der Waals surface area contributed by atoms with E-state index in [1.54, 1.807) is 6.07 Å². The number of nitrogens with zero attached hydrogens (tertiary/aromatic N) is 2. The normalized spacial score (nSPS) is 10.8. The van der Waals surface area contributed by atoms with Crippen molar-refractivity contribution in [3.8, 4) is 0 Å². The van der Waals surface area contributed by atoms with Crippen LogP contribution in [0.3, 0.4) is 0 Å². The molecule has 0 amide bonds. The van der Waals surface area contributed by atoms with Crippen LogP contribution in [0.2, 0.25) is 5.15 Å². The summed E-state index contributed by atoms with van der Waals surface area (Å²) >= 11 is 5.88. The minimum Gasteiger partial charge on any atom is -0.399 e. The molecule has 0 aliphatic heterocycles. The van der Waals surface area contributed by atoms with Crippen LogP contribution in [0.25, 0.3) is 0 Å². The summed E-state index contributed by atoms with van der Waals surface area (Å²) in [6.45, 7) is 1.59. The zero-order valence-electron chi connectivity index (χ0n) is 10.3. The van der Waals surface area contributed by atoms with Crippen LogP contribution in [-0.2, 0) is 13.1 Å². The fourth-order valence-corrected chi connectivity index (χ4v) is 2.12. The van der Waals surface area contributed by atoms with E-state index in [9.17, 15) is 0 Å². The molecule has 0 spiro atoms. The van der Waals surface area contributed by atoms with E-state index < -0.39 is 0 Å². The van der Waals surface area contributed by atoms with Crippen LogP contribution < -0.4 is 5.73 Å². The second-order valence-electron chi connectivity index (χ2n) is 4.37. The Bertz CT molecular complexity index is 493. The summed E-state index contributed by atoms with van der Waals surface area (Å²) in [5, 5.41) is 0.443. The molecule has 3 nitrogen and oxygen atoms in total. The van der Waals surface area contributed by atoms with Gasteiger partial charge in [0.25, 0.3) is 0 Å². The molecule has 0 radical (unpaired) electrons. The first-order valence-electron chi connectivity index (χ1n) is 5.78. The molecule has 0 aliphatic carbocycles. The lowest BCUT2D eigenvalue weighted by Crippen LogP contribution is -2.18. The molecule has 1 heterocycles. The molecule has 2 rings (SSSR count). The zero-order chi connectivity index (χ0) is 13.0. The highest BCUT2D eigenvalue weighted by Crippen LogP contribution is 2.14. The van der Waals surface area contributed by atoms with Crippen molar-refractivity contribution in [3.05, 3.63) is 58.9 Å². The maximum Gasteiger partial charge on any atom is 0.131 e. The smallest absolute Gasteiger partial charge is 0.131 e. The van der Waals surface area contributed by atoms with E-state index in [1.807, 2.05) is 31.3 Å². The predicted molar refractivity (Wildman–Crippen MR) is 75.3 cm³/mol. The Morgan fingerprint density at radius 2 is 1.89 bits per heavy atom. The monoisotopic (exact) mass is 261 g/mol. The van der Waals surface area contributed by atoms with Gasteiger partial charge in [-0.2, -0.15) is 0 Å². The summed E-state index contributed by atoms with van der Waals surface area (Å²) in [5.74, 6) is 0. The van der Waals surface area contributed by atoms with Crippen molar-refractivity contribution in [2.45, 2.75) is 13.1 Å². The first kappa shape index (κ1) is 12.9. The highest BCUT2D eigenvalue weighted by atomic mass is 35.5. The fourth-order valence-electron chi connectivity index (χ4n) is 1.88. The number of pyridine rings is 1. The van der Waals surface area contributed by atoms with Gasteiger partial charge in [0.2, 0.25) is 0 Å². The topological polar surface area (TPSA) is 42.1 Å². The Morgan fingerprint density at radius 3 is 2.56 bits per heavy atom. The second kappa shape index (κ2) is 5.85. The van der Waals surface area contributed by atoms with Crippen molar-refractivity contribution in [2.75, 3.05) is 12.8 Å². The number of aromatic nitrogens is 1. The third kappa shape index (κ3) is 3.72. The number of halogens is 1. The van der Waals surface area contributed by atoms with Crippen molar-refractivity contribution in [1.29, 1.82) is 0 Å². The molecule has 2 aromatic rings. The van der Waals surface area contributed by atoms with Gasteiger partial charge < -0.3 is 5.73 Å². The van der Waals surface area contributed by atoms with Crippen LogP contribution >= 0.6 is 11.6 Å². The average molecular weight is 262 g/mol. The van der Waals surface area contributed by atoms with Crippen molar-refractivity contribution in [2.24, 2.45) is 0 Å². The molecule has 0 atom stereocenters. The molecule has 18 heavy (non-hydrogen) atoms. The summed E-state index contributed by atoms with van der Waals surface area (Å²) in [6.07, 6.45) is 0. The van der Waals surface area contributed by atoms with Crippen LogP contribution in [0, 0.1) is 0 Å². The molecule has 1 aromatic heterocycles. The van der Waals surface area contributed by atoms with Crippen LogP contribution in [-0.4, -0.2) is 16.9 Å². The number of anilines is 1. The van der Waals surface area contributed by atoms with Crippen LogP contribution in [0.4, 0.5) is 5.69 Å². The molecule has 2 N–H and O–H groups in total. The maximum atomic E-state index is 5.88. The van der Waals surface area contributed by atoms with E-state index in [2.05, 4.69) is 22.0 Å². The van der Waals surface area contributed by atoms with Crippen molar-refractivity contribution in [1.82, 2.24) is 9.88 Å². The summed E-state index contributed by atoms with van der Waals surface area (Å²) in [7, 11) is 2.05. The van der Waals surface area contributed by atoms with Crippen LogP contribution in [0.1, 0.15) is 11.3 Å². The molecule has 0 aliphatic rings. The first-order valence-corrected chi connectivity index (χ1v) is 6.15. The molecule has 0 saturated heterocycles. The van der Waals surface area contributed by atoms with E-state index in [1.165, 1.54) is 5.56 Å².